The van der Waals surface area contributed by atoms with Crippen LogP contribution in [0, 0.1) is 5.82 Å². The van der Waals surface area contributed by atoms with E-state index in [0.29, 0.717) is 28.9 Å². The summed E-state index contributed by atoms with van der Waals surface area (Å²) in [5.41, 5.74) is 5.72. The van der Waals surface area contributed by atoms with Crippen molar-refractivity contribution in [3.8, 4) is 0 Å². The molecule has 0 aliphatic carbocycles. The molecule has 6 nitrogen and oxygen atoms in total. The molecule has 3 aromatic carbocycles. The number of rotatable bonds is 8. The average molecular weight is 500 g/mol. The van der Waals surface area contributed by atoms with Gasteiger partial charge in [0.05, 0.1) is 17.0 Å². The fourth-order valence-electron chi connectivity index (χ4n) is 5.02. The molecule has 190 valence electrons. The third kappa shape index (κ3) is 5.89. The SMILES string of the molecule is O=C(O)CCc1cccc(/C(Nc2ccc(CN3CCCCC3)cc2)=C2/C(=O)Nc3cc(F)ccc32)c1. The first-order valence-electron chi connectivity index (χ1n) is 12.7. The van der Waals surface area contributed by atoms with Crippen LogP contribution < -0.4 is 10.6 Å². The Bertz CT molecular complexity index is 1340. The summed E-state index contributed by atoms with van der Waals surface area (Å²) in [4.78, 5) is 26.7. The number of nitrogens with one attached hydrogen (secondary N) is 2. The highest BCUT2D eigenvalue weighted by Crippen LogP contribution is 2.38. The van der Waals surface area contributed by atoms with E-state index in [0.717, 1.165) is 36.4 Å². The number of hydrogen-bond acceptors (Lipinski definition) is 4. The van der Waals surface area contributed by atoms with Gasteiger partial charge in [0.25, 0.3) is 5.91 Å². The number of carboxylic acids is 1. The molecule has 2 aliphatic heterocycles. The maximum Gasteiger partial charge on any atom is 0.303 e. The van der Waals surface area contributed by atoms with Crippen LogP contribution in [0.15, 0.2) is 66.7 Å². The number of nitrogens with zero attached hydrogens (tertiary/aromatic N) is 1. The minimum Gasteiger partial charge on any atom is -0.481 e. The van der Waals surface area contributed by atoms with Gasteiger partial charge in [-0.25, -0.2) is 4.39 Å². The van der Waals surface area contributed by atoms with E-state index in [-0.39, 0.29) is 12.3 Å². The molecule has 0 spiro atoms. The molecule has 5 rings (SSSR count). The second-order valence-electron chi connectivity index (χ2n) is 9.65. The van der Waals surface area contributed by atoms with Gasteiger partial charge in [-0.3, -0.25) is 14.5 Å². The number of likely N-dealkylation sites (tertiary alicyclic amines) is 1. The number of amides is 1. The van der Waals surface area contributed by atoms with Crippen LogP contribution in [0.5, 0.6) is 0 Å². The molecule has 0 atom stereocenters. The van der Waals surface area contributed by atoms with Crippen LogP contribution in [0.3, 0.4) is 0 Å². The highest BCUT2D eigenvalue weighted by molar-refractivity contribution is 6.37. The Hall–Kier alpha value is -3.97. The molecule has 2 aliphatic rings. The summed E-state index contributed by atoms with van der Waals surface area (Å²) in [7, 11) is 0. The first-order valence-corrected chi connectivity index (χ1v) is 12.7. The number of hydrogen-bond donors (Lipinski definition) is 3. The van der Waals surface area contributed by atoms with Gasteiger partial charge in [0, 0.05) is 24.2 Å². The molecule has 37 heavy (non-hydrogen) atoms. The van der Waals surface area contributed by atoms with Crippen molar-refractivity contribution in [2.75, 3.05) is 23.7 Å². The van der Waals surface area contributed by atoms with Crippen LogP contribution in [0.25, 0.3) is 11.3 Å². The van der Waals surface area contributed by atoms with Crippen LogP contribution in [0.4, 0.5) is 15.8 Å². The zero-order valence-corrected chi connectivity index (χ0v) is 20.6. The molecular formula is C30H30FN3O3. The molecule has 0 aromatic heterocycles. The Morgan fingerprint density at radius 1 is 0.973 bits per heavy atom. The topological polar surface area (TPSA) is 81.7 Å². The van der Waals surface area contributed by atoms with E-state index in [4.69, 9.17) is 5.11 Å². The van der Waals surface area contributed by atoms with Crippen LogP contribution >= 0.6 is 0 Å². The van der Waals surface area contributed by atoms with E-state index in [1.807, 2.05) is 36.4 Å². The summed E-state index contributed by atoms with van der Waals surface area (Å²) < 4.78 is 13.9. The minimum absolute atomic E-state index is 0.0177. The number of aryl methyl sites for hydroxylation is 1. The fourth-order valence-corrected chi connectivity index (χ4v) is 5.02. The van der Waals surface area contributed by atoms with Crippen molar-refractivity contribution in [1.82, 2.24) is 4.90 Å². The van der Waals surface area contributed by atoms with Crippen LogP contribution in [-0.4, -0.2) is 35.0 Å². The molecule has 1 amide bonds. The number of fused-ring (bicyclic) bond motifs is 1. The molecule has 0 bridgehead atoms. The zero-order valence-electron chi connectivity index (χ0n) is 20.6. The standard InChI is InChI=1S/C30H30FN3O3/c31-23-10-13-25-26(18-23)33-30(37)28(25)29(22-6-4-5-20(17-22)9-14-27(35)36)32-24-11-7-21(8-12-24)19-34-15-2-1-3-16-34/h4-8,10-13,17-18,32H,1-3,9,14-16,19H2,(H,33,37)(H,35,36)/b29-28-. The number of carbonyl (C=O) groups excluding carboxylic acids is 1. The third-order valence-electron chi connectivity index (χ3n) is 6.90. The molecule has 2 heterocycles. The predicted molar refractivity (Wildman–Crippen MR) is 143 cm³/mol. The highest BCUT2D eigenvalue weighted by atomic mass is 19.1. The van der Waals surface area contributed by atoms with Gasteiger partial charge in [0.15, 0.2) is 0 Å². The lowest BCUT2D eigenvalue weighted by Crippen LogP contribution is -2.29. The summed E-state index contributed by atoms with van der Waals surface area (Å²) in [5, 5.41) is 15.3. The lowest BCUT2D eigenvalue weighted by atomic mass is 9.97. The normalized spacial score (nSPS) is 16.7. The number of carbonyl (C=O) groups is 2. The van der Waals surface area contributed by atoms with Gasteiger partial charge < -0.3 is 15.7 Å². The zero-order chi connectivity index (χ0) is 25.8. The maximum absolute atomic E-state index is 13.9. The van der Waals surface area contributed by atoms with Gasteiger partial charge in [-0.15, -0.1) is 0 Å². The number of aliphatic carboxylic acids is 1. The van der Waals surface area contributed by atoms with Crippen molar-refractivity contribution < 1.29 is 19.1 Å². The lowest BCUT2D eigenvalue weighted by Gasteiger charge is -2.26. The monoisotopic (exact) mass is 499 g/mol. The Kier molecular flexibility index (Phi) is 7.32. The summed E-state index contributed by atoms with van der Waals surface area (Å²) in [6.45, 7) is 3.17. The van der Waals surface area contributed by atoms with E-state index in [1.165, 1.54) is 37.0 Å². The Balaban J connectivity index is 1.49. The second kappa shape index (κ2) is 11.0. The molecule has 0 saturated carbocycles. The Morgan fingerprint density at radius 3 is 2.51 bits per heavy atom. The van der Waals surface area contributed by atoms with Crippen molar-refractivity contribution >= 4 is 34.5 Å². The Labute approximate surface area is 215 Å². The van der Waals surface area contributed by atoms with Crippen LogP contribution in [-0.2, 0) is 22.6 Å². The average Bonchev–Trinajstić information content (AvgIpc) is 3.22. The molecule has 3 N–H and O–H groups in total. The summed E-state index contributed by atoms with van der Waals surface area (Å²) >= 11 is 0. The molecule has 0 radical (unpaired) electrons. The lowest BCUT2D eigenvalue weighted by molar-refractivity contribution is -0.137. The molecular weight excluding hydrogens is 469 g/mol. The smallest absolute Gasteiger partial charge is 0.303 e. The minimum atomic E-state index is -0.863. The Morgan fingerprint density at radius 2 is 1.76 bits per heavy atom. The quantitative estimate of drug-likeness (QED) is 0.343. The van der Waals surface area contributed by atoms with Crippen molar-refractivity contribution in [3.05, 3.63) is 94.8 Å². The first-order chi connectivity index (χ1) is 18.0. The van der Waals surface area contributed by atoms with E-state index in [2.05, 4.69) is 27.7 Å². The van der Waals surface area contributed by atoms with E-state index in [9.17, 15) is 14.0 Å². The number of benzene rings is 3. The fraction of sp³-hybridized carbons (Fsp3) is 0.267. The van der Waals surface area contributed by atoms with Crippen molar-refractivity contribution in [1.29, 1.82) is 0 Å². The molecule has 1 fully saturated rings. The van der Waals surface area contributed by atoms with Crippen LogP contribution in [0.1, 0.15) is 47.9 Å². The first kappa shape index (κ1) is 24.7. The maximum atomic E-state index is 13.9. The third-order valence-corrected chi connectivity index (χ3v) is 6.90. The second-order valence-corrected chi connectivity index (χ2v) is 9.65. The summed E-state index contributed by atoms with van der Waals surface area (Å²) in [6, 6.07) is 20.0. The number of anilines is 2. The van der Waals surface area contributed by atoms with E-state index < -0.39 is 11.8 Å². The number of halogens is 1. The van der Waals surface area contributed by atoms with Gasteiger partial charge in [0.1, 0.15) is 5.82 Å². The predicted octanol–water partition coefficient (Wildman–Crippen LogP) is 5.76. The van der Waals surface area contributed by atoms with Crippen molar-refractivity contribution in [2.24, 2.45) is 0 Å². The molecule has 1 saturated heterocycles. The number of piperidine rings is 1. The largest absolute Gasteiger partial charge is 0.481 e. The summed E-state index contributed by atoms with van der Waals surface area (Å²) in [6.07, 6.45) is 4.19. The molecule has 0 unspecified atom stereocenters. The van der Waals surface area contributed by atoms with Gasteiger partial charge in [-0.1, -0.05) is 36.8 Å². The van der Waals surface area contributed by atoms with E-state index >= 15 is 0 Å². The van der Waals surface area contributed by atoms with E-state index in [1.54, 1.807) is 6.07 Å². The highest BCUT2D eigenvalue weighted by Gasteiger charge is 2.29. The van der Waals surface area contributed by atoms with Crippen molar-refractivity contribution in [3.63, 3.8) is 0 Å². The molecule has 7 heteroatoms. The van der Waals surface area contributed by atoms with Crippen LogP contribution in [0.2, 0.25) is 0 Å². The van der Waals surface area contributed by atoms with Gasteiger partial charge in [0.2, 0.25) is 0 Å². The molecule has 3 aromatic rings. The van der Waals surface area contributed by atoms with Crippen molar-refractivity contribution in [2.45, 2.75) is 38.6 Å². The van der Waals surface area contributed by atoms with Gasteiger partial charge in [-0.05, 0) is 85.4 Å². The van der Waals surface area contributed by atoms with Gasteiger partial charge >= 0.3 is 5.97 Å². The number of carboxylic acid groups (broad SMARTS) is 1. The summed E-state index contributed by atoms with van der Waals surface area (Å²) in [5.74, 6) is -1.60. The van der Waals surface area contributed by atoms with Gasteiger partial charge in [-0.2, -0.15) is 0 Å².